The molecule has 6 aromatic carbocycles. The molecular weight excluding hydrogens is 689 g/mol. The molecule has 0 N–H and O–H groups in total. The van der Waals surface area contributed by atoms with Gasteiger partial charge in [0.25, 0.3) is 0 Å². The van der Waals surface area contributed by atoms with Gasteiger partial charge in [0.05, 0.1) is 22.9 Å². The summed E-state index contributed by atoms with van der Waals surface area (Å²) in [6.45, 7) is 0. The molecule has 0 saturated carbocycles. The molecule has 56 heavy (non-hydrogen) atoms. The molecule has 0 spiro atoms. The average molecular weight is 721 g/mol. The van der Waals surface area contributed by atoms with E-state index in [0.717, 1.165) is 56.5 Å². The van der Waals surface area contributed by atoms with Crippen molar-refractivity contribution >= 4 is 34.2 Å². The lowest BCUT2D eigenvalue weighted by molar-refractivity contribution is 0.778. The van der Waals surface area contributed by atoms with Crippen molar-refractivity contribution < 1.29 is 0 Å². The summed E-state index contributed by atoms with van der Waals surface area (Å²) in [5.41, 5.74) is 10.5. The molecule has 3 aromatic heterocycles. The van der Waals surface area contributed by atoms with Crippen molar-refractivity contribution in [3.63, 3.8) is 0 Å². The minimum atomic E-state index is -0.0630. The molecule has 1 aliphatic heterocycles. The number of rotatable bonds is 6. The van der Waals surface area contributed by atoms with E-state index >= 15 is 0 Å². The van der Waals surface area contributed by atoms with Crippen LogP contribution in [0.5, 0.6) is 0 Å². The zero-order valence-corrected chi connectivity index (χ0v) is 30.1. The van der Waals surface area contributed by atoms with Crippen LogP contribution in [-0.4, -0.2) is 40.5 Å². The Labute approximate surface area is 323 Å². The fourth-order valence-electron chi connectivity index (χ4n) is 8.09. The van der Waals surface area contributed by atoms with E-state index in [9.17, 15) is 0 Å². The SMILES string of the molecule is C1=C2c3ccccc3N(c3nc(-c4ccccc4)nc(-c4ccccc4)n3)C2Cc2c1n(-c1nc(-c3ccccc3)nc(-c3ccccc3)n1)c1ccccc21. The van der Waals surface area contributed by atoms with Gasteiger partial charge in [0.2, 0.25) is 11.9 Å². The van der Waals surface area contributed by atoms with Crippen LogP contribution in [0.1, 0.15) is 16.8 Å². The van der Waals surface area contributed by atoms with Crippen LogP contribution < -0.4 is 4.90 Å². The Kier molecular flexibility index (Phi) is 7.45. The molecule has 11 rings (SSSR count). The molecule has 9 aromatic rings. The van der Waals surface area contributed by atoms with Gasteiger partial charge in [0, 0.05) is 39.6 Å². The highest BCUT2D eigenvalue weighted by molar-refractivity contribution is 6.03. The Balaban J connectivity index is 1.12. The molecule has 2 aliphatic rings. The lowest BCUT2D eigenvalue weighted by Crippen LogP contribution is -2.32. The maximum atomic E-state index is 5.19. The van der Waals surface area contributed by atoms with Crippen LogP contribution >= 0.6 is 0 Å². The first-order valence-electron chi connectivity index (χ1n) is 18.7. The Morgan fingerprint density at radius 2 is 0.875 bits per heavy atom. The summed E-state index contributed by atoms with van der Waals surface area (Å²) in [6, 6.07) is 57.6. The molecule has 0 fully saturated rings. The Morgan fingerprint density at radius 1 is 0.429 bits per heavy atom. The predicted molar refractivity (Wildman–Crippen MR) is 222 cm³/mol. The molecule has 1 atom stereocenters. The number of nitrogens with zero attached hydrogens (tertiary/aromatic N) is 8. The van der Waals surface area contributed by atoms with E-state index in [1.54, 1.807) is 0 Å². The highest BCUT2D eigenvalue weighted by Gasteiger charge is 2.41. The van der Waals surface area contributed by atoms with Gasteiger partial charge >= 0.3 is 0 Å². The summed E-state index contributed by atoms with van der Waals surface area (Å²) in [6.07, 6.45) is 3.05. The molecule has 4 heterocycles. The molecule has 1 aliphatic carbocycles. The third-order valence-corrected chi connectivity index (χ3v) is 10.6. The summed E-state index contributed by atoms with van der Waals surface area (Å²) < 4.78 is 2.21. The zero-order chi connectivity index (χ0) is 37.0. The summed E-state index contributed by atoms with van der Waals surface area (Å²) >= 11 is 0. The third kappa shape index (κ3) is 5.30. The second-order valence-electron chi connectivity index (χ2n) is 14.0. The third-order valence-electron chi connectivity index (χ3n) is 10.6. The molecule has 8 heteroatoms. The number of hydrogen-bond acceptors (Lipinski definition) is 7. The van der Waals surface area contributed by atoms with Crippen LogP contribution in [0, 0.1) is 0 Å². The number of benzene rings is 6. The molecular formula is C48H32N8. The first-order valence-corrected chi connectivity index (χ1v) is 18.7. The topological polar surface area (TPSA) is 85.5 Å². The summed E-state index contributed by atoms with van der Waals surface area (Å²) in [7, 11) is 0. The monoisotopic (exact) mass is 720 g/mol. The van der Waals surface area contributed by atoms with Crippen molar-refractivity contribution in [1.82, 2.24) is 34.5 Å². The van der Waals surface area contributed by atoms with E-state index in [-0.39, 0.29) is 6.04 Å². The van der Waals surface area contributed by atoms with E-state index in [0.29, 0.717) is 35.2 Å². The van der Waals surface area contributed by atoms with Crippen molar-refractivity contribution in [2.75, 3.05) is 4.90 Å². The van der Waals surface area contributed by atoms with E-state index in [1.807, 2.05) is 121 Å². The number of anilines is 2. The largest absolute Gasteiger partial charge is 0.302 e. The van der Waals surface area contributed by atoms with Crippen molar-refractivity contribution in [2.24, 2.45) is 0 Å². The molecule has 1 unspecified atom stereocenters. The fraction of sp³-hybridized carbons (Fsp3) is 0.0417. The van der Waals surface area contributed by atoms with Gasteiger partial charge in [-0.15, -0.1) is 0 Å². The van der Waals surface area contributed by atoms with Gasteiger partial charge < -0.3 is 4.90 Å². The number of hydrogen-bond donors (Lipinski definition) is 0. The highest BCUT2D eigenvalue weighted by Crippen LogP contribution is 2.50. The van der Waals surface area contributed by atoms with Crippen LogP contribution in [-0.2, 0) is 6.42 Å². The first-order chi connectivity index (χ1) is 27.8. The van der Waals surface area contributed by atoms with Crippen LogP contribution in [0.3, 0.4) is 0 Å². The van der Waals surface area contributed by atoms with E-state index in [4.69, 9.17) is 29.9 Å². The minimum absolute atomic E-state index is 0.0630. The van der Waals surface area contributed by atoms with Crippen LogP contribution in [0.2, 0.25) is 0 Å². The molecule has 8 nitrogen and oxygen atoms in total. The molecule has 0 saturated heterocycles. The van der Waals surface area contributed by atoms with Gasteiger partial charge in [-0.2, -0.15) is 19.9 Å². The van der Waals surface area contributed by atoms with Gasteiger partial charge in [-0.05, 0) is 29.3 Å². The van der Waals surface area contributed by atoms with Crippen LogP contribution in [0.25, 0.3) is 74.1 Å². The van der Waals surface area contributed by atoms with Crippen molar-refractivity contribution in [3.8, 4) is 51.5 Å². The Morgan fingerprint density at radius 3 is 1.41 bits per heavy atom. The van der Waals surface area contributed by atoms with E-state index < -0.39 is 0 Å². The molecule has 0 radical (unpaired) electrons. The Hall–Kier alpha value is -7.58. The predicted octanol–water partition coefficient (Wildman–Crippen LogP) is 10.3. The minimum Gasteiger partial charge on any atom is -0.302 e. The van der Waals surface area contributed by atoms with Gasteiger partial charge in [-0.25, -0.2) is 9.97 Å². The number of fused-ring (bicyclic) bond motifs is 6. The van der Waals surface area contributed by atoms with Crippen LogP contribution in [0.15, 0.2) is 170 Å². The summed E-state index contributed by atoms with van der Waals surface area (Å²) in [4.78, 5) is 33.0. The molecule has 264 valence electrons. The normalized spacial score (nSPS) is 14.2. The molecule has 0 amide bonds. The first kappa shape index (κ1) is 31.9. The van der Waals surface area contributed by atoms with E-state index in [2.05, 4.69) is 64.1 Å². The van der Waals surface area contributed by atoms with Gasteiger partial charge in [0.15, 0.2) is 23.3 Å². The van der Waals surface area contributed by atoms with E-state index in [1.165, 1.54) is 11.1 Å². The summed E-state index contributed by atoms with van der Waals surface area (Å²) in [5.74, 6) is 3.71. The van der Waals surface area contributed by atoms with Gasteiger partial charge in [-0.3, -0.25) is 4.57 Å². The van der Waals surface area contributed by atoms with Crippen molar-refractivity contribution in [2.45, 2.75) is 12.5 Å². The maximum absolute atomic E-state index is 5.19. The molecule has 0 bridgehead atoms. The highest BCUT2D eigenvalue weighted by atomic mass is 15.3. The second kappa shape index (κ2) is 13.1. The average Bonchev–Trinajstić information content (AvgIpc) is 3.78. The summed E-state index contributed by atoms with van der Waals surface area (Å²) in [5, 5.41) is 1.15. The Bertz CT molecular complexity index is 2830. The number of aromatic nitrogens is 7. The van der Waals surface area contributed by atoms with Crippen molar-refractivity contribution in [1.29, 1.82) is 0 Å². The number of para-hydroxylation sites is 2. The van der Waals surface area contributed by atoms with Crippen LogP contribution in [0.4, 0.5) is 11.6 Å². The van der Waals surface area contributed by atoms with Gasteiger partial charge in [0.1, 0.15) is 0 Å². The lowest BCUT2D eigenvalue weighted by Gasteiger charge is -2.29. The van der Waals surface area contributed by atoms with Crippen molar-refractivity contribution in [3.05, 3.63) is 187 Å². The lowest BCUT2D eigenvalue weighted by atomic mass is 9.89. The maximum Gasteiger partial charge on any atom is 0.238 e. The quantitative estimate of drug-likeness (QED) is 0.169. The zero-order valence-electron chi connectivity index (χ0n) is 30.1. The van der Waals surface area contributed by atoms with Gasteiger partial charge in [-0.1, -0.05) is 158 Å². The second-order valence-corrected chi connectivity index (χ2v) is 14.0. The smallest absolute Gasteiger partial charge is 0.238 e. The fourth-order valence-corrected chi connectivity index (χ4v) is 8.09. The standard InChI is InChI=1S/C48H32N8/c1-5-17-31(18-6-1)43-49-44(32-19-7-2-8-20-32)52-47(51-43)55-39-27-15-13-25-35(39)37-30-42-38(29-41(37)55)36-26-14-16-28-40(36)56(42)48-53-45(33-21-9-3-10-22-33)50-46(54-48)34-23-11-4-12-24-34/h1-29,42H,30H2.